The fourth-order valence-electron chi connectivity index (χ4n) is 4.13. The monoisotopic (exact) mass is 425 g/mol. The Balaban J connectivity index is 0.00000320. The molecule has 3 N–H and O–H groups in total. The Bertz CT molecular complexity index is 857. The number of rotatable bonds is 3. The van der Waals surface area contributed by atoms with E-state index in [9.17, 15) is 19.5 Å². The van der Waals surface area contributed by atoms with E-state index in [0.717, 1.165) is 11.1 Å². The molecule has 1 aliphatic heterocycles. The normalized spacial score (nSPS) is 23.4. The molecule has 8 nitrogen and oxygen atoms in total. The average Bonchev–Trinajstić information content (AvgIpc) is 2.90. The van der Waals surface area contributed by atoms with Crippen molar-refractivity contribution in [1.29, 1.82) is 0 Å². The summed E-state index contributed by atoms with van der Waals surface area (Å²) in [5.74, 6) is -1.27. The summed E-state index contributed by atoms with van der Waals surface area (Å²) in [5, 5.41) is 14.0. The number of hydrogen-bond donors (Lipinski definition) is 2. The maximum Gasteiger partial charge on any atom is 1.00 e. The minimum atomic E-state index is -1.29. The number of fused-ring (bicyclic) bond motifs is 1. The van der Waals surface area contributed by atoms with E-state index in [1.165, 1.54) is 0 Å². The number of amides is 2. The molecule has 1 aromatic rings. The van der Waals surface area contributed by atoms with Gasteiger partial charge in [-0.2, -0.15) is 0 Å². The summed E-state index contributed by atoms with van der Waals surface area (Å²) in [7, 11) is 1.71. The molecular formula is C21H28N3NaO5. The first-order valence-corrected chi connectivity index (χ1v) is 9.83. The molecule has 1 aliphatic carbocycles. The Morgan fingerprint density at radius 3 is 2.40 bits per heavy atom. The molecule has 1 saturated carbocycles. The van der Waals surface area contributed by atoms with Crippen molar-refractivity contribution < 1.29 is 53.8 Å². The first-order valence-electron chi connectivity index (χ1n) is 9.83. The number of aliphatic carboxylic acids is 1. The molecule has 30 heavy (non-hydrogen) atoms. The molecule has 0 unspecified atom stereocenters. The van der Waals surface area contributed by atoms with Crippen molar-refractivity contribution in [1.82, 2.24) is 4.90 Å². The number of ether oxygens (including phenoxy) is 1. The van der Waals surface area contributed by atoms with E-state index >= 15 is 0 Å². The van der Waals surface area contributed by atoms with E-state index in [4.69, 9.17) is 10.5 Å². The fourth-order valence-corrected chi connectivity index (χ4v) is 4.13. The Kier molecular flexibility index (Phi) is 7.29. The van der Waals surface area contributed by atoms with Crippen LogP contribution in [0.15, 0.2) is 12.1 Å². The Morgan fingerprint density at radius 2 is 1.87 bits per heavy atom. The van der Waals surface area contributed by atoms with Crippen LogP contribution in [-0.2, 0) is 16.1 Å². The minimum Gasteiger partial charge on any atom is -0.548 e. The van der Waals surface area contributed by atoms with E-state index < -0.39 is 23.2 Å². The summed E-state index contributed by atoms with van der Waals surface area (Å²) in [6.07, 6.45) is 1.25. The van der Waals surface area contributed by atoms with E-state index in [0.29, 0.717) is 43.5 Å². The SMILES string of the molecule is CN1Cc2c(C3CCC(N)(C(=O)[O-])CC3)ccc(NC(=O)OC(C)(C)C)c2C1=O.[Na+]. The van der Waals surface area contributed by atoms with Crippen LogP contribution in [0.3, 0.4) is 0 Å². The van der Waals surface area contributed by atoms with Gasteiger partial charge in [0, 0.05) is 13.6 Å². The molecule has 2 aliphatic rings. The van der Waals surface area contributed by atoms with Gasteiger partial charge in [-0.15, -0.1) is 0 Å². The number of carboxylic acids is 1. The van der Waals surface area contributed by atoms with Gasteiger partial charge in [0.05, 0.1) is 22.8 Å². The second kappa shape index (κ2) is 8.86. The molecule has 158 valence electrons. The van der Waals surface area contributed by atoms with E-state index in [-0.39, 0.29) is 41.4 Å². The molecule has 0 aromatic heterocycles. The van der Waals surface area contributed by atoms with Crippen LogP contribution in [0.25, 0.3) is 0 Å². The Morgan fingerprint density at radius 1 is 1.27 bits per heavy atom. The van der Waals surface area contributed by atoms with Gasteiger partial charge < -0.3 is 25.3 Å². The summed E-state index contributed by atoms with van der Waals surface area (Å²) in [6.45, 7) is 5.75. The standard InChI is InChI=1S/C21H29N3O5.Na/c1-20(2,3)29-19(28)23-15-6-5-13(14-11-24(4)17(25)16(14)15)12-7-9-21(22,10-8-12)18(26)27;/h5-6,12H,7-11,22H2,1-4H3,(H,23,28)(H,26,27);/q;+1/p-1. The zero-order valence-electron chi connectivity index (χ0n) is 18.3. The van der Waals surface area contributed by atoms with Crippen molar-refractivity contribution in [3.8, 4) is 0 Å². The van der Waals surface area contributed by atoms with Gasteiger partial charge >= 0.3 is 35.7 Å². The minimum absolute atomic E-state index is 0. The maximum absolute atomic E-state index is 12.7. The van der Waals surface area contributed by atoms with Crippen LogP contribution in [-0.4, -0.2) is 41.1 Å². The van der Waals surface area contributed by atoms with E-state index in [2.05, 4.69) is 5.32 Å². The molecule has 2 amide bonds. The number of nitrogens with zero attached hydrogens (tertiary/aromatic N) is 1. The predicted molar refractivity (Wildman–Crippen MR) is 105 cm³/mol. The number of carbonyl (C=O) groups is 3. The summed E-state index contributed by atoms with van der Waals surface area (Å²) in [4.78, 5) is 37.8. The van der Waals surface area contributed by atoms with Gasteiger partial charge in [0.15, 0.2) is 0 Å². The second-order valence-electron chi connectivity index (χ2n) is 9.06. The molecule has 3 rings (SSSR count). The van der Waals surface area contributed by atoms with Gasteiger partial charge in [-0.1, -0.05) is 6.07 Å². The molecule has 9 heteroatoms. The van der Waals surface area contributed by atoms with Crippen LogP contribution in [0.4, 0.5) is 10.5 Å². The van der Waals surface area contributed by atoms with Crippen LogP contribution in [0.5, 0.6) is 0 Å². The largest absolute Gasteiger partial charge is 1.00 e. The van der Waals surface area contributed by atoms with Crippen molar-refractivity contribution >= 4 is 23.7 Å². The van der Waals surface area contributed by atoms with Crippen LogP contribution >= 0.6 is 0 Å². The van der Waals surface area contributed by atoms with Crippen molar-refractivity contribution in [3.05, 3.63) is 28.8 Å². The molecular weight excluding hydrogens is 397 g/mol. The third kappa shape index (κ3) is 4.99. The molecule has 0 bridgehead atoms. The summed E-state index contributed by atoms with van der Waals surface area (Å²) < 4.78 is 5.31. The van der Waals surface area contributed by atoms with Crippen LogP contribution in [0.2, 0.25) is 0 Å². The van der Waals surface area contributed by atoms with Crippen LogP contribution < -0.4 is 45.7 Å². The molecule has 0 spiro atoms. The molecule has 1 fully saturated rings. The molecule has 1 aromatic carbocycles. The smallest absolute Gasteiger partial charge is 0.548 e. The van der Waals surface area contributed by atoms with Crippen molar-refractivity contribution in [3.63, 3.8) is 0 Å². The van der Waals surface area contributed by atoms with Crippen LogP contribution in [0, 0.1) is 0 Å². The van der Waals surface area contributed by atoms with Gasteiger partial charge in [-0.05, 0) is 69.6 Å². The second-order valence-corrected chi connectivity index (χ2v) is 9.06. The van der Waals surface area contributed by atoms with Gasteiger partial charge in [0.2, 0.25) is 0 Å². The number of nitrogens with two attached hydrogens (primary N) is 1. The number of anilines is 1. The van der Waals surface area contributed by atoms with Crippen molar-refractivity contribution in [2.75, 3.05) is 12.4 Å². The molecule has 0 saturated heterocycles. The average molecular weight is 425 g/mol. The quantitative estimate of drug-likeness (QED) is 0.582. The van der Waals surface area contributed by atoms with Gasteiger partial charge in [-0.3, -0.25) is 10.1 Å². The third-order valence-electron chi connectivity index (χ3n) is 5.66. The number of benzene rings is 1. The summed E-state index contributed by atoms with van der Waals surface area (Å²) in [5.41, 5.74) is 6.78. The summed E-state index contributed by atoms with van der Waals surface area (Å²) in [6, 6.07) is 3.63. The van der Waals surface area contributed by atoms with Gasteiger partial charge in [0.1, 0.15) is 5.60 Å². The van der Waals surface area contributed by atoms with E-state index in [1.54, 1.807) is 38.8 Å². The molecule has 0 radical (unpaired) electrons. The predicted octanol–water partition coefficient (Wildman–Crippen LogP) is -1.27. The van der Waals surface area contributed by atoms with Crippen LogP contribution in [0.1, 0.15) is 73.9 Å². The fraction of sp³-hybridized carbons (Fsp3) is 0.571. The zero-order chi connectivity index (χ0) is 21.6. The Labute approximate surface area is 198 Å². The Hall–Kier alpha value is -1.61. The number of nitrogens with one attached hydrogen (secondary N) is 1. The number of hydrogen-bond acceptors (Lipinski definition) is 6. The topological polar surface area (TPSA) is 125 Å². The maximum atomic E-state index is 12.7. The third-order valence-corrected chi connectivity index (χ3v) is 5.66. The number of carboxylic acid groups (broad SMARTS) is 1. The molecule has 1 heterocycles. The molecule has 0 atom stereocenters. The first kappa shape index (κ1) is 24.7. The van der Waals surface area contributed by atoms with E-state index in [1.807, 2.05) is 6.07 Å². The van der Waals surface area contributed by atoms with Crippen molar-refractivity contribution in [2.45, 2.75) is 70.1 Å². The number of carbonyl (C=O) groups excluding carboxylic acids is 3. The summed E-state index contributed by atoms with van der Waals surface area (Å²) >= 11 is 0. The first-order chi connectivity index (χ1) is 13.4. The zero-order valence-corrected chi connectivity index (χ0v) is 20.3. The van der Waals surface area contributed by atoms with Crippen molar-refractivity contribution in [2.24, 2.45) is 5.73 Å². The van der Waals surface area contributed by atoms with Gasteiger partial charge in [0.25, 0.3) is 5.91 Å². The van der Waals surface area contributed by atoms with Gasteiger partial charge in [-0.25, -0.2) is 4.79 Å².